The first-order valence-electron chi connectivity index (χ1n) is 11.9. The molecule has 0 bridgehead atoms. The maximum absolute atomic E-state index is 13.1. The molecular formula is C26H32N6O4. The van der Waals surface area contributed by atoms with Crippen LogP contribution in [0, 0.1) is 0 Å². The van der Waals surface area contributed by atoms with Crippen LogP contribution in [0.3, 0.4) is 0 Å². The van der Waals surface area contributed by atoms with Gasteiger partial charge in [0.25, 0.3) is 5.91 Å². The van der Waals surface area contributed by atoms with Gasteiger partial charge in [0.2, 0.25) is 5.91 Å². The quantitative estimate of drug-likeness (QED) is 0.448. The lowest BCUT2D eigenvalue weighted by atomic mass is 10.1. The van der Waals surface area contributed by atoms with Gasteiger partial charge < -0.3 is 28.8 Å². The molecule has 3 heterocycles. The third-order valence-electron chi connectivity index (χ3n) is 6.13. The van der Waals surface area contributed by atoms with Gasteiger partial charge in [-0.2, -0.15) is 0 Å². The van der Waals surface area contributed by atoms with Gasteiger partial charge >= 0.3 is 0 Å². The molecule has 2 amide bonds. The van der Waals surface area contributed by atoms with Crippen molar-refractivity contribution in [3.63, 3.8) is 0 Å². The van der Waals surface area contributed by atoms with E-state index in [1.807, 2.05) is 55.4 Å². The van der Waals surface area contributed by atoms with Crippen molar-refractivity contribution in [3.8, 4) is 17.0 Å². The second-order valence-corrected chi connectivity index (χ2v) is 8.88. The molecule has 1 aromatic carbocycles. The van der Waals surface area contributed by atoms with Gasteiger partial charge in [0.05, 0.1) is 19.1 Å². The summed E-state index contributed by atoms with van der Waals surface area (Å²) in [5.41, 5.74) is 1.71. The first-order valence-corrected chi connectivity index (χ1v) is 11.9. The van der Waals surface area contributed by atoms with Crippen LogP contribution >= 0.6 is 0 Å². The highest BCUT2D eigenvalue weighted by Gasteiger charge is 2.26. The number of rotatable bonds is 9. The number of nitrogens with zero attached hydrogens (tertiary/aromatic N) is 6. The molecule has 36 heavy (non-hydrogen) atoms. The van der Waals surface area contributed by atoms with Crippen LogP contribution in [0.5, 0.6) is 5.75 Å². The van der Waals surface area contributed by atoms with Gasteiger partial charge in [-0.25, -0.2) is 0 Å². The lowest BCUT2D eigenvalue weighted by Gasteiger charge is -2.36. The fourth-order valence-electron chi connectivity index (χ4n) is 4.01. The molecule has 0 spiro atoms. The lowest BCUT2D eigenvalue weighted by molar-refractivity contribution is -0.132. The van der Waals surface area contributed by atoms with Crippen LogP contribution in [0.4, 0.5) is 5.82 Å². The van der Waals surface area contributed by atoms with E-state index in [1.54, 1.807) is 29.0 Å². The van der Waals surface area contributed by atoms with E-state index in [1.165, 1.54) is 6.26 Å². The molecule has 1 saturated heterocycles. The number of carbonyl (C=O) groups excluding carboxylic acids is 2. The van der Waals surface area contributed by atoms with Crippen LogP contribution in [0.1, 0.15) is 10.6 Å². The number of aromatic nitrogens is 2. The standard InChI is InChI=1S/C26H32N6O4/c1-29(2)11-12-32(26(34)23-8-5-17-36-23)19-25(33)31-15-13-30(14-16-31)24-10-9-22(27-28-24)20-6-4-7-21(18-20)35-3/h4-10,17-18H,11-16,19H2,1-3H3. The topological polar surface area (TPSA) is 95.2 Å². The maximum Gasteiger partial charge on any atom is 0.290 e. The smallest absolute Gasteiger partial charge is 0.290 e. The van der Waals surface area contributed by atoms with Crippen molar-refractivity contribution in [2.45, 2.75) is 0 Å². The molecule has 10 nitrogen and oxygen atoms in total. The number of amides is 2. The van der Waals surface area contributed by atoms with E-state index in [9.17, 15) is 9.59 Å². The first-order chi connectivity index (χ1) is 17.4. The molecule has 3 aromatic rings. The van der Waals surface area contributed by atoms with E-state index in [0.29, 0.717) is 39.3 Å². The zero-order valence-electron chi connectivity index (χ0n) is 21.0. The molecule has 0 radical (unpaired) electrons. The van der Waals surface area contributed by atoms with Gasteiger partial charge in [-0.15, -0.1) is 10.2 Å². The van der Waals surface area contributed by atoms with Crippen molar-refractivity contribution < 1.29 is 18.7 Å². The summed E-state index contributed by atoms with van der Waals surface area (Å²) in [6.07, 6.45) is 1.46. The summed E-state index contributed by atoms with van der Waals surface area (Å²) in [7, 11) is 5.50. The van der Waals surface area contributed by atoms with Gasteiger partial charge in [0.1, 0.15) is 12.3 Å². The zero-order valence-corrected chi connectivity index (χ0v) is 21.0. The predicted octanol–water partition coefficient (Wildman–Crippen LogP) is 2.10. The predicted molar refractivity (Wildman–Crippen MR) is 136 cm³/mol. The summed E-state index contributed by atoms with van der Waals surface area (Å²) in [6, 6.07) is 14.9. The van der Waals surface area contributed by atoms with Crippen molar-refractivity contribution in [2.75, 3.05) is 71.9 Å². The van der Waals surface area contributed by atoms with Crippen LogP contribution in [-0.2, 0) is 4.79 Å². The molecule has 0 atom stereocenters. The third kappa shape index (κ3) is 6.19. The molecule has 0 N–H and O–H groups in total. The van der Waals surface area contributed by atoms with E-state index in [2.05, 4.69) is 15.1 Å². The molecule has 1 fully saturated rings. The Morgan fingerprint density at radius 3 is 2.44 bits per heavy atom. The Bertz CT molecular complexity index is 1140. The van der Waals surface area contributed by atoms with Crippen molar-refractivity contribution in [1.29, 1.82) is 0 Å². The van der Waals surface area contributed by atoms with E-state index in [0.717, 1.165) is 22.8 Å². The Morgan fingerprint density at radius 1 is 1.00 bits per heavy atom. The number of likely N-dealkylation sites (N-methyl/N-ethyl adjacent to an activating group) is 1. The van der Waals surface area contributed by atoms with Crippen LogP contribution in [0.2, 0.25) is 0 Å². The summed E-state index contributed by atoms with van der Waals surface area (Å²) in [5, 5.41) is 8.80. The number of furan rings is 1. The molecular weight excluding hydrogens is 460 g/mol. The fourth-order valence-corrected chi connectivity index (χ4v) is 4.01. The Balaban J connectivity index is 1.34. The summed E-state index contributed by atoms with van der Waals surface area (Å²) in [5.74, 6) is 1.43. The average molecular weight is 493 g/mol. The van der Waals surface area contributed by atoms with Gasteiger partial charge in [-0.1, -0.05) is 12.1 Å². The number of piperazine rings is 1. The van der Waals surface area contributed by atoms with Crippen LogP contribution in [0.25, 0.3) is 11.3 Å². The number of methoxy groups -OCH3 is 1. The third-order valence-corrected chi connectivity index (χ3v) is 6.13. The summed E-state index contributed by atoms with van der Waals surface area (Å²) in [6.45, 7) is 3.49. The molecule has 2 aromatic heterocycles. The summed E-state index contributed by atoms with van der Waals surface area (Å²) < 4.78 is 10.6. The van der Waals surface area contributed by atoms with E-state index in [4.69, 9.17) is 9.15 Å². The van der Waals surface area contributed by atoms with Crippen LogP contribution in [0.15, 0.2) is 59.2 Å². The number of hydrogen-bond acceptors (Lipinski definition) is 8. The zero-order chi connectivity index (χ0) is 25.5. The Hall–Kier alpha value is -3.92. The molecule has 190 valence electrons. The minimum Gasteiger partial charge on any atom is -0.497 e. The lowest BCUT2D eigenvalue weighted by Crippen LogP contribution is -2.52. The minimum atomic E-state index is -0.278. The highest BCUT2D eigenvalue weighted by Crippen LogP contribution is 2.23. The number of hydrogen-bond donors (Lipinski definition) is 0. The van der Waals surface area contributed by atoms with E-state index >= 15 is 0 Å². The Kier molecular flexibility index (Phi) is 8.17. The van der Waals surface area contributed by atoms with Gasteiger partial charge in [-0.05, 0) is 50.5 Å². The molecule has 1 aliphatic heterocycles. The average Bonchev–Trinajstić information content (AvgIpc) is 3.46. The SMILES string of the molecule is COc1cccc(-c2ccc(N3CCN(C(=O)CN(CCN(C)C)C(=O)c4ccco4)CC3)nn2)c1. The monoisotopic (exact) mass is 492 g/mol. The number of carbonyl (C=O) groups is 2. The van der Waals surface area contributed by atoms with Gasteiger partial charge in [-0.3, -0.25) is 9.59 Å². The molecule has 0 saturated carbocycles. The van der Waals surface area contributed by atoms with Crippen LogP contribution in [-0.4, -0.2) is 104 Å². The molecule has 0 unspecified atom stereocenters. The second kappa shape index (κ2) is 11.7. The maximum atomic E-state index is 13.1. The molecule has 1 aliphatic rings. The highest BCUT2D eigenvalue weighted by molar-refractivity contribution is 5.94. The number of ether oxygens (including phenoxy) is 1. The first kappa shape index (κ1) is 25.2. The van der Waals surface area contributed by atoms with E-state index in [-0.39, 0.29) is 24.1 Å². The minimum absolute atomic E-state index is 0.0163. The van der Waals surface area contributed by atoms with Crippen molar-refractivity contribution in [3.05, 3.63) is 60.6 Å². The summed E-state index contributed by atoms with van der Waals surface area (Å²) >= 11 is 0. The number of anilines is 1. The largest absolute Gasteiger partial charge is 0.497 e. The normalized spacial score (nSPS) is 13.7. The second-order valence-electron chi connectivity index (χ2n) is 8.88. The van der Waals surface area contributed by atoms with Crippen molar-refractivity contribution in [2.24, 2.45) is 0 Å². The summed E-state index contributed by atoms with van der Waals surface area (Å²) in [4.78, 5) is 33.4. The van der Waals surface area contributed by atoms with Crippen LogP contribution < -0.4 is 9.64 Å². The van der Waals surface area contributed by atoms with Crippen molar-refractivity contribution in [1.82, 2.24) is 24.9 Å². The van der Waals surface area contributed by atoms with Gasteiger partial charge in [0.15, 0.2) is 11.6 Å². The number of benzene rings is 1. The van der Waals surface area contributed by atoms with E-state index < -0.39 is 0 Å². The van der Waals surface area contributed by atoms with Crippen molar-refractivity contribution >= 4 is 17.6 Å². The highest BCUT2D eigenvalue weighted by atomic mass is 16.5. The fraction of sp³-hybridized carbons (Fsp3) is 0.385. The van der Waals surface area contributed by atoms with Gasteiger partial charge in [0, 0.05) is 44.8 Å². The Morgan fingerprint density at radius 2 is 1.81 bits per heavy atom. The molecule has 10 heteroatoms. The molecule has 4 rings (SSSR count). The Labute approximate surface area is 211 Å². The molecule has 0 aliphatic carbocycles.